The van der Waals surface area contributed by atoms with E-state index < -0.39 is 6.10 Å². The largest absolute Gasteiger partial charge is 0.389 e. The SMILES string of the molecule is CC(=O)NC[C@H]1OC[C@@H](NCc2ccc(C)cc2)[C@@H]1O. The van der Waals surface area contributed by atoms with Gasteiger partial charge < -0.3 is 20.5 Å². The molecular formula is C15H22N2O3. The van der Waals surface area contributed by atoms with Crippen LogP contribution in [0.5, 0.6) is 0 Å². The predicted molar refractivity (Wildman–Crippen MR) is 76.2 cm³/mol. The number of nitrogens with one attached hydrogen (secondary N) is 2. The lowest BCUT2D eigenvalue weighted by molar-refractivity contribution is -0.119. The fourth-order valence-electron chi connectivity index (χ4n) is 2.24. The molecule has 1 heterocycles. The first-order valence-corrected chi connectivity index (χ1v) is 6.89. The Morgan fingerprint density at radius 2 is 2.10 bits per heavy atom. The maximum atomic E-state index is 10.9. The fourth-order valence-corrected chi connectivity index (χ4v) is 2.24. The van der Waals surface area contributed by atoms with E-state index in [1.807, 2.05) is 0 Å². The molecule has 3 N–H and O–H groups in total. The highest BCUT2D eigenvalue weighted by Crippen LogP contribution is 2.14. The number of amides is 1. The molecule has 0 aliphatic carbocycles. The van der Waals surface area contributed by atoms with Crippen molar-refractivity contribution < 1.29 is 14.6 Å². The third-order valence-corrected chi connectivity index (χ3v) is 3.52. The summed E-state index contributed by atoms with van der Waals surface area (Å²) in [5, 5.41) is 16.1. The van der Waals surface area contributed by atoms with Gasteiger partial charge in [0.2, 0.25) is 5.91 Å². The van der Waals surface area contributed by atoms with Crippen molar-refractivity contribution in [1.29, 1.82) is 0 Å². The Bertz CT molecular complexity index is 447. The molecule has 1 aromatic rings. The van der Waals surface area contributed by atoms with E-state index in [9.17, 15) is 9.90 Å². The molecular weight excluding hydrogens is 256 g/mol. The van der Waals surface area contributed by atoms with E-state index in [1.165, 1.54) is 18.1 Å². The molecule has 2 rings (SSSR count). The number of carbonyl (C=O) groups excluding carboxylic acids is 1. The number of aliphatic hydroxyl groups excluding tert-OH is 1. The van der Waals surface area contributed by atoms with Crippen LogP contribution in [0.2, 0.25) is 0 Å². The number of aliphatic hydroxyl groups is 1. The molecule has 0 radical (unpaired) electrons. The van der Waals surface area contributed by atoms with Gasteiger partial charge in [-0.1, -0.05) is 29.8 Å². The standard InChI is InChI=1S/C15H22N2O3/c1-10-3-5-12(6-4-10)7-17-13-9-20-14(15(13)19)8-16-11(2)18/h3-6,13-15,17,19H,7-9H2,1-2H3,(H,16,18)/t13-,14-,15+/m1/s1. The second kappa shape index (κ2) is 6.83. The molecule has 20 heavy (non-hydrogen) atoms. The van der Waals surface area contributed by atoms with E-state index in [-0.39, 0.29) is 18.1 Å². The molecule has 0 bridgehead atoms. The number of hydrogen-bond acceptors (Lipinski definition) is 4. The number of benzene rings is 1. The van der Waals surface area contributed by atoms with Crippen LogP contribution in [0.3, 0.4) is 0 Å². The average Bonchev–Trinajstić information content (AvgIpc) is 2.77. The second-order valence-corrected chi connectivity index (χ2v) is 5.27. The van der Waals surface area contributed by atoms with Crippen LogP contribution < -0.4 is 10.6 Å². The van der Waals surface area contributed by atoms with Crippen LogP contribution >= 0.6 is 0 Å². The van der Waals surface area contributed by atoms with Crippen molar-refractivity contribution in [3.05, 3.63) is 35.4 Å². The highest BCUT2D eigenvalue weighted by Gasteiger charge is 2.35. The van der Waals surface area contributed by atoms with Crippen molar-refractivity contribution in [3.63, 3.8) is 0 Å². The number of ether oxygens (including phenoxy) is 1. The summed E-state index contributed by atoms with van der Waals surface area (Å²) in [6, 6.07) is 8.17. The summed E-state index contributed by atoms with van der Waals surface area (Å²) >= 11 is 0. The number of aryl methyl sites for hydroxylation is 1. The Hall–Kier alpha value is -1.43. The minimum Gasteiger partial charge on any atom is -0.389 e. The number of hydrogen-bond donors (Lipinski definition) is 3. The molecule has 110 valence electrons. The van der Waals surface area contributed by atoms with Crippen LogP contribution in [0.15, 0.2) is 24.3 Å². The lowest BCUT2D eigenvalue weighted by Gasteiger charge is -2.18. The number of rotatable bonds is 5. The Labute approximate surface area is 119 Å². The quantitative estimate of drug-likeness (QED) is 0.727. The number of carbonyl (C=O) groups is 1. The molecule has 5 nitrogen and oxygen atoms in total. The lowest BCUT2D eigenvalue weighted by atomic mass is 10.1. The Balaban J connectivity index is 1.79. The van der Waals surface area contributed by atoms with Gasteiger partial charge >= 0.3 is 0 Å². The maximum absolute atomic E-state index is 10.9. The van der Waals surface area contributed by atoms with Crippen LogP contribution in [0.4, 0.5) is 0 Å². The molecule has 0 aromatic heterocycles. The van der Waals surface area contributed by atoms with E-state index in [0.29, 0.717) is 19.7 Å². The van der Waals surface area contributed by atoms with Crippen molar-refractivity contribution in [2.24, 2.45) is 0 Å². The van der Waals surface area contributed by atoms with Crippen LogP contribution in [0, 0.1) is 6.92 Å². The molecule has 3 atom stereocenters. The first kappa shape index (κ1) is 15.0. The van der Waals surface area contributed by atoms with Crippen molar-refractivity contribution >= 4 is 5.91 Å². The summed E-state index contributed by atoms with van der Waals surface area (Å²) in [6.07, 6.45) is -0.943. The normalized spacial score (nSPS) is 25.6. The zero-order valence-corrected chi connectivity index (χ0v) is 11.9. The minimum absolute atomic E-state index is 0.102. The first-order valence-electron chi connectivity index (χ1n) is 6.89. The molecule has 0 saturated carbocycles. The van der Waals surface area contributed by atoms with E-state index in [0.717, 1.165) is 0 Å². The first-order chi connectivity index (χ1) is 9.56. The van der Waals surface area contributed by atoms with Crippen LogP contribution in [-0.2, 0) is 16.1 Å². The van der Waals surface area contributed by atoms with Gasteiger partial charge in [-0.15, -0.1) is 0 Å². The van der Waals surface area contributed by atoms with Gasteiger partial charge in [0, 0.05) is 20.0 Å². The summed E-state index contributed by atoms with van der Waals surface area (Å²) in [6.45, 7) is 5.00. The monoisotopic (exact) mass is 278 g/mol. The van der Waals surface area contributed by atoms with Gasteiger partial charge in [0.15, 0.2) is 0 Å². The third kappa shape index (κ3) is 4.03. The Morgan fingerprint density at radius 3 is 2.75 bits per heavy atom. The summed E-state index contributed by atoms with van der Waals surface area (Å²) in [5.41, 5.74) is 2.40. The highest BCUT2D eigenvalue weighted by atomic mass is 16.5. The molecule has 5 heteroatoms. The van der Waals surface area contributed by atoms with E-state index in [2.05, 4.69) is 41.8 Å². The van der Waals surface area contributed by atoms with Gasteiger partial charge in [-0.3, -0.25) is 4.79 Å². The van der Waals surface area contributed by atoms with Gasteiger partial charge in [-0.05, 0) is 12.5 Å². The van der Waals surface area contributed by atoms with Crippen molar-refractivity contribution in [3.8, 4) is 0 Å². The van der Waals surface area contributed by atoms with E-state index >= 15 is 0 Å². The topological polar surface area (TPSA) is 70.6 Å². The molecule has 1 aromatic carbocycles. The summed E-state index contributed by atoms with van der Waals surface area (Å²) in [4.78, 5) is 10.9. The molecule has 1 aliphatic heterocycles. The molecule has 1 saturated heterocycles. The Kier molecular flexibility index (Phi) is 5.11. The van der Waals surface area contributed by atoms with Crippen LogP contribution in [-0.4, -0.2) is 42.4 Å². The van der Waals surface area contributed by atoms with Gasteiger partial charge in [0.05, 0.1) is 18.8 Å². The summed E-state index contributed by atoms with van der Waals surface area (Å²) in [5.74, 6) is -0.114. The predicted octanol–water partition coefficient (Wildman–Crippen LogP) is 0.349. The zero-order valence-electron chi connectivity index (χ0n) is 11.9. The van der Waals surface area contributed by atoms with E-state index in [4.69, 9.17) is 4.74 Å². The molecule has 1 aliphatic rings. The molecule has 1 amide bonds. The molecule has 1 fully saturated rings. The second-order valence-electron chi connectivity index (χ2n) is 5.27. The lowest BCUT2D eigenvalue weighted by Crippen LogP contribution is -2.44. The smallest absolute Gasteiger partial charge is 0.216 e. The van der Waals surface area contributed by atoms with Gasteiger partial charge in [-0.25, -0.2) is 0 Å². The fraction of sp³-hybridized carbons (Fsp3) is 0.533. The average molecular weight is 278 g/mol. The van der Waals surface area contributed by atoms with Gasteiger partial charge in [0.1, 0.15) is 6.10 Å². The third-order valence-electron chi connectivity index (χ3n) is 3.52. The zero-order chi connectivity index (χ0) is 14.5. The van der Waals surface area contributed by atoms with Crippen molar-refractivity contribution in [2.75, 3.05) is 13.2 Å². The molecule has 0 unspecified atom stereocenters. The van der Waals surface area contributed by atoms with Crippen molar-refractivity contribution in [2.45, 2.75) is 38.6 Å². The minimum atomic E-state index is -0.604. The summed E-state index contributed by atoms with van der Waals surface area (Å²) < 4.78 is 5.51. The molecule has 0 spiro atoms. The summed E-state index contributed by atoms with van der Waals surface area (Å²) in [7, 11) is 0. The van der Waals surface area contributed by atoms with Crippen LogP contribution in [0.25, 0.3) is 0 Å². The van der Waals surface area contributed by atoms with Gasteiger partial charge in [0.25, 0.3) is 0 Å². The van der Waals surface area contributed by atoms with Gasteiger partial charge in [-0.2, -0.15) is 0 Å². The van der Waals surface area contributed by atoms with Crippen LogP contribution in [0.1, 0.15) is 18.1 Å². The highest BCUT2D eigenvalue weighted by molar-refractivity contribution is 5.72. The van der Waals surface area contributed by atoms with Crippen molar-refractivity contribution in [1.82, 2.24) is 10.6 Å². The maximum Gasteiger partial charge on any atom is 0.216 e. The Morgan fingerprint density at radius 1 is 1.40 bits per heavy atom. The van der Waals surface area contributed by atoms with E-state index in [1.54, 1.807) is 0 Å².